The number of aromatic nitrogens is 2. The van der Waals surface area contributed by atoms with Crippen molar-refractivity contribution in [2.24, 2.45) is 7.05 Å². The predicted octanol–water partition coefficient (Wildman–Crippen LogP) is 3.80. The molecule has 1 heterocycles. The molecule has 9 nitrogen and oxygen atoms in total. The number of ether oxygens (including phenoxy) is 1. The zero-order chi connectivity index (χ0) is 27.3. The minimum absolute atomic E-state index is 0.0202. The number of carbonyl (C=O) groups excluding carboxylic acids is 1. The highest BCUT2D eigenvalue weighted by Crippen LogP contribution is 2.37. The highest BCUT2D eigenvalue weighted by Gasteiger charge is 2.34. The molecule has 2 aromatic carbocycles. The summed E-state index contributed by atoms with van der Waals surface area (Å²) in [6.45, 7) is 1.34. The molecule has 0 saturated carbocycles. The fraction of sp³-hybridized carbons (Fsp3) is 0.308. The van der Waals surface area contributed by atoms with Crippen molar-refractivity contribution < 1.29 is 28.2 Å². The number of rotatable bonds is 9. The topological polar surface area (TPSA) is 114 Å². The van der Waals surface area contributed by atoms with Crippen molar-refractivity contribution in [3.8, 4) is 16.9 Å². The molecule has 3 aromatic rings. The zero-order valence-corrected chi connectivity index (χ0v) is 20.9. The Bertz CT molecular complexity index is 1340. The lowest BCUT2D eigenvalue weighted by Gasteiger charge is -2.26. The van der Waals surface area contributed by atoms with Crippen molar-refractivity contribution in [1.29, 1.82) is 0 Å². The predicted molar refractivity (Wildman–Crippen MR) is 134 cm³/mol. The zero-order valence-electron chi connectivity index (χ0n) is 20.9. The van der Waals surface area contributed by atoms with Gasteiger partial charge in [0, 0.05) is 32.5 Å². The van der Waals surface area contributed by atoms with Crippen LogP contribution in [-0.4, -0.2) is 47.1 Å². The summed E-state index contributed by atoms with van der Waals surface area (Å²) in [4.78, 5) is 38.3. The fourth-order valence-corrected chi connectivity index (χ4v) is 3.81. The molecule has 0 aliphatic rings. The third kappa shape index (κ3) is 5.93. The fourth-order valence-electron chi connectivity index (χ4n) is 3.81. The lowest BCUT2D eigenvalue weighted by Crippen LogP contribution is -2.48. The van der Waals surface area contributed by atoms with Crippen LogP contribution in [0, 0.1) is 0 Å². The van der Waals surface area contributed by atoms with Gasteiger partial charge in [0.15, 0.2) is 5.75 Å². The average molecular weight is 515 g/mol. The summed E-state index contributed by atoms with van der Waals surface area (Å²) in [5, 5.41) is 16.0. The summed E-state index contributed by atoms with van der Waals surface area (Å²) < 4.78 is 35.2. The normalized spacial score (nSPS) is 12.1. The van der Waals surface area contributed by atoms with E-state index in [1.54, 1.807) is 24.3 Å². The molecule has 0 fully saturated rings. The number of para-hydroxylation sites is 1. The Hall–Kier alpha value is -4.28. The number of carbonyl (C=O) groups is 2. The number of hydrogen-bond acceptors (Lipinski definition) is 5. The number of anilines is 1. The monoisotopic (exact) mass is 514 g/mol. The summed E-state index contributed by atoms with van der Waals surface area (Å²) in [6, 6.07) is 9.99. The lowest BCUT2D eigenvalue weighted by atomic mass is 10.0. The van der Waals surface area contributed by atoms with Gasteiger partial charge in [-0.1, -0.05) is 49.4 Å². The van der Waals surface area contributed by atoms with Crippen LogP contribution in [-0.2, 0) is 24.2 Å². The van der Waals surface area contributed by atoms with E-state index in [-0.39, 0.29) is 23.2 Å². The van der Waals surface area contributed by atoms with Gasteiger partial charge in [0.1, 0.15) is 6.04 Å². The van der Waals surface area contributed by atoms with Gasteiger partial charge in [-0.2, -0.15) is 5.10 Å². The minimum atomic E-state index is -3.16. The van der Waals surface area contributed by atoms with Crippen LogP contribution in [0.1, 0.15) is 24.5 Å². The maximum atomic E-state index is 14.4. The van der Waals surface area contributed by atoms with Crippen LogP contribution in [0.5, 0.6) is 5.75 Å². The first-order chi connectivity index (χ1) is 17.5. The molecule has 0 radical (unpaired) electrons. The first kappa shape index (κ1) is 27.3. The maximum Gasteiger partial charge on any atom is 0.326 e. The highest BCUT2D eigenvalue weighted by molar-refractivity contribution is 5.94. The van der Waals surface area contributed by atoms with Crippen LogP contribution in [0.4, 0.5) is 19.3 Å². The van der Waals surface area contributed by atoms with Crippen molar-refractivity contribution in [1.82, 2.24) is 15.1 Å². The number of aryl methyl sites for hydroxylation is 1. The Kier molecular flexibility index (Phi) is 8.26. The lowest BCUT2D eigenvalue weighted by molar-refractivity contribution is -0.139. The molecule has 2 N–H and O–H groups in total. The number of alkyl halides is 2. The molecular weight excluding hydrogens is 486 g/mol. The molecule has 1 atom stereocenters. The number of methoxy groups -OCH3 is 1. The first-order valence-corrected chi connectivity index (χ1v) is 11.4. The van der Waals surface area contributed by atoms with Crippen molar-refractivity contribution >= 4 is 17.7 Å². The number of aliphatic carboxylic acids is 1. The van der Waals surface area contributed by atoms with E-state index in [1.807, 2.05) is 0 Å². The number of amides is 2. The standard InChI is InChI=1S/C26H28F2N4O5/c1-5-26(27,28)18-8-6-7-9-20(18)31(2)25(36)30-19(24(34)35)14-16-10-12-17(13-11-16)22-21(37-4)15-29-32(3)23(22)33/h6-13,15,19H,5,14H2,1-4H3,(H,30,36)(H,34,35)/t19-/m0/s1. The summed E-state index contributed by atoms with van der Waals surface area (Å²) in [5.41, 5.74) is 0.719. The van der Waals surface area contributed by atoms with Crippen LogP contribution in [0.25, 0.3) is 11.1 Å². The number of nitrogens with one attached hydrogen (secondary N) is 1. The van der Waals surface area contributed by atoms with Gasteiger partial charge in [-0.3, -0.25) is 9.69 Å². The molecular formula is C26H28F2N4O5. The molecule has 196 valence electrons. The van der Waals surface area contributed by atoms with E-state index in [0.717, 1.165) is 4.90 Å². The summed E-state index contributed by atoms with van der Waals surface area (Å²) in [7, 11) is 4.24. The molecule has 2 amide bonds. The summed E-state index contributed by atoms with van der Waals surface area (Å²) >= 11 is 0. The number of carboxylic acids is 1. The largest absolute Gasteiger partial charge is 0.494 e. The third-order valence-corrected chi connectivity index (χ3v) is 6.01. The Balaban J connectivity index is 1.80. The number of hydrogen-bond donors (Lipinski definition) is 2. The average Bonchev–Trinajstić information content (AvgIpc) is 2.89. The van der Waals surface area contributed by atoms with Gasteiger partial charge in [-0.05, 0) is 17.2 Å². The van der Waals surface area contributed by atoms with Gasteiger partial charge in [0.2, 0.25) is 0 Å². The van der Waals surface area contributed by atoms with Gasteiger partial charge >= 0.3 is 12.0 Å². The van der Waals surface area contributed by atoms with Crippen LogP contribution in [0.2, 0.25) is 0 Å². The second kappa shape index (κ2) is 11.2. The van der Waals surface area contributed by atoms with E-state index in [9.17, 15) is 28.3 Å². The first-order valence-electron chi connectivity index (χ1n) is 11.4. The highest BCUT2D eigenvalue weighted by atomic mass is 19.3. The van der Waals surface area contributed by atoms with Gasteiger partial charge < -0.3 is 15.2 Å². The smallest absolute Gasteiger partial charge is 0.326 e. The van der Waals surface area contributed by atoms with E-state index in [1.165, 1.54) is 63.3 Å². The quantitative estimate of drug-likeness (QED) is 0.449. The van der Waals surface area contributed by atoms with Crippen LogP contribution < -0.4 is 20.5 Å². The molecule has 0 spiro atoms. The molecule has 1 aromatic heterocycles. The van der Waals surface area contributed by atoms with Gasteiger partial charge in [0.05, 0.1) is 24.6 Å². The Labute approximate surface area is 212 Å². The van der Waals surface area contributed by atoms with Crippen molar-refractivity contribution in [2.45, 2.75) is 31.7 Å². The van der Waals surface area contributed by atoms with Crippen molar-refractivity contribution in [3.05, 3.63) is 76.2 Å². The molecule has 0 saturated heterocycles. The number of benzene rings is 2. The molecule has 0 unspecified atom stereocenters. The number of urea groups is 1. The van der Waals surface area contributed by atoms with Crippen LogP contribution >= 0.6 is 0 Å². The molecule has 0 bridgehead atoms. The number of nitrogens with zero attached hydrogens (tertiary/aromatic N) is 3. The molecule has 0 aliphatic heterocycles. The molecule has 0 aliphatic carbocycles. The number of halogens is 2. The molecule has 37 heavy (non-hydrogen) atoms. The van der Waals surface area contributed by atoms with E-state index in [0.29, 0.717) is 22.4 Å². The third-order valence-electron chi connectivity index (χ3n) is 6.01. The Morgan fingerprint density at radius 1 is 1.19 bits per heavy atom. The van der Waals surface area contributed by atoms with E-state index >= 15 is 0 Å². The van der Waals surface area contributed by atoms with Gasteiger partial charge in [-0.15, -0.1) is 0 Å². The Morgan fingerprint density at radius 2 is 1.84 bits per heavy atom. The SMILES string of the molecule is CCC(F)(F)c1ccccc1N(C)C(=O)N[C@@H](Cc1ccc(-c2c(OC)cnn(C)c2=O)cc1)C(=O)O. The van der Waals surface area contributed by atoms with Gasteiger partial charge in [-0.25, -0.2) is 23.1 Å². The molecule has 11 heteroatoms. The van der Waals surface area contributed by atoms with Crippen LogP contribution in [0.15, 0.2) is 59.5 Å². The minimum Gasteiger partial charge on any atom is -0.494 e. The van der Waals surface area contributed by atoms with Gasteiger partial charge in [0.25, 0.3) is 11.5 Å². The van der Waals surface area contributed by atoms with Crippen molar-refractivity contribution in [3.63, 3.8) is 0 Å². The second-order valence-electron chi connectivity index (χ2n) is 8.39. The Morgan fingerprint density at radius 3 is 2.43 bits per heavy atom. The summed E-state index contributed by atoms with van der Waals surface area (Å²) in [5.74, 6) is -4.15. The van der Waals surface area contributed by atoms with Crippen LogP contribution in [0.3, 0.4) is 0 Å². The van der Waals surface area contributed by atoms with E-state index < -0.39 is 30.4 Å². The van der Waals surface area contributed by atoms with E-state index in [4.69, 9.17) is 4.74 Å². The maximum absolute atomic E-state index is 14.4. The number of carboxylic acid groups (broad SMARTS) is 1. The molecule has 3 rings (SSSR count). The second-order valence-corrected chi connectivity index (χ2v) is 8.39. The van der Waals surface area contributed by atoms with Crippen molar-refractivity contribution in [2.75, 3.05) is 19.1 Å². The summed E-state index contributed by atoms with van der Waals surface area (Å²) in [6.07, 6.45) is 0.893. The van der Waals surface area contributed by atoms with E-state index in [2.05, 4.69) is 10.4 Å².